The topological polar surface area (TPSA) is 32.8 Å². The number of likely N-dealkylation sites (N-methyl/N-ethyl adjacent to an activating group) is 2. The summed E-state index contributed by atoms with van der Waals surface area (Å²) in [6.45, 7) is 0. The Morgan fingerprint density at radius 2 is 1.85 bits per heavy atom. The third kappa shape index (κ3) is 1.78. The van der Waals surface area contributed by atoms with Gasteiger partial charge in [-0.25, -0.2) is 4.79 Å². The van der Waals surface area contributed by atoms with Crippen molar-refractivity contribution in [2.45, 2.75) is 6.23 Å². The molecule has 1 atom stereocenters. The Morgan fingerprint density at radius 1 is 1.31 bits per heavy atom. The predicted molar refractivity (Wildman–Crippen MR) is 50.1 cm³/mol. The number of halogens is 1. The van der Waals surface area contributed by atoms with Crippen molar-refractivity contribution in [3.05, 3.63) is 10.7 Å². The highest BCUT2D eigenvalue weighted by atomic mass is 35.5. The smallest absolute Gasteiger partial charge is 0.353 e. The molecule has 0 aromatic carbocycles. The van der Waals surface area contributed by atoms with Gasteiger partial charge in [-0.15, -0.1) is 0 Å². The first-order valence-corrected chi connectivity index (χ1v) is 4.27. The zero-order chi connectivity index (χ0) is 10.2. The minimum absolute atomic E-state index is 0.170. The summed E-state index contributed by atoms with van der Waals surface area (Å²) in [5.41, 5.74) is 0.705. The van der Waals surface area contributed by atoms with Crippen molar-refractivity contribution in [3.8, 4) is 0 Å². The van der Waals surface area contributed by atoms with Crippen molar-refractivity contribution in [1.29, 1.82) is 0 Å². The van der Waals surface area contributed by atoms with Gasteiger partial charge >= 0.3 is 5.97 Å². The maximum atomic E-state index is 11.1. The van der Waals surface area contributed by atoms with Crippen LogP contribution in [0.3, 0.4) is 0 Å². The third-order valence-corrected chi connectivity index (χ3v) is 2.16. The second kappa shape index (κ2) is 3.55. The van der Waals surface area contributed by atoms with E-state index in [4.69, 9.17) is 16.3 Å². The van der Waals surface area contributed by atoms with E-state index in [0.29, 0.717) is 5.70 Å². The average Bonchev–Trinajstić information content (AvgIpc) is 2.28. The van der Waals surface area contributed by atoms with E-state index in [-0.39, 0.29) is 11.3 Å². The van der Waals surface area contributed by atoms with E-state index in [1.54, 1.807) is 9.80 Å². The van der Waals surface area contributed by atoms with E-state index in [0.717, 1.165) is 0 Å². The molecule has 0 aliphatic carbocycles. The Bertz CT molecular complexity index is 261. The normalized spacial score (nSPS) is 22.6. The van der Waals surface area contributed by atoms with Crippen LogP contribution < -0.4 is 0 Å². The Balaban J connectivity index is 3.00. The van der Waals surface area contributed by atoms with Crippen LogP contribution in [-0.4, -0.2) is 50.2 Å². The summed E-state index contributed by atoms with van der Waals surface area (Å²) < 4.78 is 5.05. The van der Waals surface area contributed by atoms with Gasteiger partial charge in [0.1, 0.15) is 5.03 Å². The molecule has 0 N–H and O–H groups in total. The molecule has 13 heavy (non-hydrogen) atoms. The molecule has 0 amide bonds. The number of rotatable bonds is 2. The van der Waals surface area contributed by atoms with Crippen LogP contribution in [0.4, 0.5) is 0 Å². The number of hydrogen-bond acceptors (Lipinski definition) is 4. The Morgan fingerprint density at radius 3 is 2.15 bits per heavy atom. The zero-order valence-electron chi connectivity index (χ0n) is 8.17. The van der Waals surface area contributed by atoms with Gasteiger partial charge in [0.05, 0.1) is 5.70 Å². The molecule has 5 heteroatoms. The maximum absolute atomic E-state index is 11.1. The lowest BCUT2D eigenvalue weighted by Gasteiger charge is -2.25. The highest BCUT2D eigenvalue weighted by Crippen LogP contribution is 2.27. The van der Waals surface area contributed by atoms with Gasteiger partial charge in [-0.1, -0.05) is 11.6 Å². The summed E-state index contributed by atoms with van der Waals surface area (Å²) in [6, 6.07) is 0. The summed E-state index contributed by atoms with van der Waals surface area (Å²) in [4.78, 5) is 14.7. The molecule has 0 spiro atoms. The molecule has 0 fully saturated rings. The van der Waals surface area contributed by atoms with Crippen molar-refractivity contribution in [1.82, 2.24) is 9.80 Å². The number of carbonyl (C=O) groups is 1. The van der Waals surface area contributed by atoms with E-state index in [1.165, 1.54) is 0 Å². The molecule has 0 saturated carbocycles. The Kier molecular flexibility index (Phi) is 2.83. The number of carbonyl (C=O) groups excluding carboxylic acids is 1. The first kappa shape index (κ1) is 10.3. The minimum Gasteiger partial charge on any atom is -0.436 e. The molecule has 1 aliphatic rings. The van der Waals surface area contributed by atoms with Crippen molar-refractivity contribution in [2.75, 3.05) is 28.2 Å². The SMILES string of the molecule is CN(C)C1=C(Cl)C(=O)O[C@@H]1N(C)C. The molecular weight excluding hydrogens is 192 g/mol. The van der Waals surface area contributed by atoms with Crippen LogP contribution in [0.15, 0.2) is 10.7 Å². The molecule has 0 saturated heterocycles. The zero-order valence-corrected chi connectivity index (χ0v) is 8.92. The minimum atomic E-state index is -0.455. The van der Waals surface area contributed by atoms with Gasteiger partial charge in [-0.05, 0) is 14.1 Å². The molecule has 1 rings (SSSR count). The van der Waals surface area contributed by atoms with Gasteiger partial charge in [0.2, 0.25) is 0 Å². The van der Waals surface area contributed by atoms with E-state index in [2.05, 4.69) is 0 Å². The van der Waals surface area contributed by atoms with E-state index >= 15 is 0 Å². The summed E-state index contributed by atoms with van der Waals surface area (Å²) >= 11 is 5.80. The van der Waals surface area contributed by atoms with Gasteiger partial charge < -0.3 is 9.64 Å². The third-order valence-electron chi connectivity index (χ3n) is 1.81. The molecule has 0 bridgehead atoms. The van der Waals surface area contributed by atoms with E-state index in [1.807, 2.05) is 28.2 Å². The summed E-state index contributed by atoms with van der Waals surface area (Å²) in [5, 5.41) is 0.170. The number of esters is 1. The lowest BCUT2D eigenvalue weighted by molar-refractivity contribution is -0.145. The lowest BCUT2D eigenvalue weighted by Crippen LogP contribution is -2.34. The predicted octanol–water partition coefficient (Wildman–Crippen LogP) is 0.443. The van der Waals surface area contributed by atoms with Crippen LogP contribution >= 0.6 is 11.6 Å². The summed E-state index contributed by atoms with van der Waals surface area (Å²) in [6.07, 6.45) is -0.366. The van der Waals surface area contributed by atoms with Crippen LogP contribution in [0, 0.1) is 0 Å². The monoisotopic (exact) mass is 204 g/mol. The fourth-order valence-electron chi connectivity index (χ4n) is 1.19. The second-order valence-electron chi connectivity index (χ2n) is 3.31. The molecular formula is C8H13ClN2O2. The van der Waals surface area contributed by atoms with Crippen molar-refractivity contribution < 1.29 is 9.53 Å². The molecule has 0 aromatic heterocycles. The van der Waals surface area contributed by atoms with Crippen molar-refractivity contribution in [3.63, 3.8) is 0 Å². The van der Waals surface area contributed by atoms with E-state index in [9.17, 15) is 4.79 Å². The highest BCUT2D eigenvalue weighted by molar-refractivity contribution is 6.42. The number of hydrogen-bond donors (Lipinski definition) is 0. The molecule has 1 aliphatic heterocycles. The largest absolute Gasteiger partial charge is 0.436 e. The summed E-state index contributed by atoms with van der Waals surface area (Å²) in [5.74, 6) is -0.455. The number of nitrogens with zero attached hydrogens (tertiary/aromatic N) is 2. The standard InChI is InChI=1S/C8H13ClN2O2/c1-10(2)6-5(9)8(12)13-7(6)11(3)4/h7H,1-4H3/t7-/m0/s1. The Hall–Kier alpha value is -0.740. The molecule has 1 heterocycles. The van der Waals surface area contributed by atoms with Crippen LogP contribution in [0.25, 0.3) is 0 Å². The van der Waals surface area contributed by atoms with Crippen LogP contribution in [-0.2, 0) is 9.53 Å². The van der Waals surface area contributed by atoms with Gasteiger partial charge in [0.15, 0.2) is 6.23 Å². The first-order valence-electron chi connectivity index (χ1n) is 3.89. The van der Waals surface area contributed by atoms with Gasteiger partial charge in [-0.2, -0.15) is 0 Å². The van der Waals surface area contributed by atoms with Crippen LogP contribution in [0.1, 0.15) is 0 Å². The Labute approximate surface area is 82.7 Å². The van der Waals surface area contributed by atoms with Gasteiger partial charge in [0.25, 0.3) is 0 Å². The van der Waals surface area contributed by atoms with Gasteiger partial charge in [0, 0.05) is 14.1 Å². The molecule has 0 unspecified atom stereocenters. The summed E-state index contributed by atoms with van der Waals surface area (Å²) in [7, 11) is 7.32. The maximum Gasteiger partial charge on any atom is 0.353 e. The van der Waals surface area contributed by atoms with Crippen molar-refractivity contribution >= 4 is 17.6 Å². The van der Waals surface area contributed by atoms with Crippen LogP contribution in [0.2, 0.25) is 0 Å². The molecule has 0 radical (unpaired) electrons. The van der Waals surface area contributed by atoms with Crippen molar-refractivity contribution in [2.24, 2.45) is 0 Å². The van der Waals surface area contributed by atoms with Gasteiger partial charge in [-0.3, -0.25) is 4.90 Å². The lowest BCUT2D eigenvalue weighted by atomic mass is 10.3. The fraction of sp³-hybridized carbons (Fsp3) is 0.625. The molecule has 0 aromatic rings. The molecule has 74 valence electrons. The first-order chi connectivity index (χ1) is 5.95. The molecule has 4 nitrogen and oxygen atoms in total. The van der Waals surface area contributed by atoms with Crippen LogP contribution in [0.5, 0.6) is 0 Å². The average molecular weight is 205 g/mol. The number of ether oxygens (including phenoxy) is 1. The quantitative estimate of drug-likeness (QED) is 0.612. The van der Waals surface area contributed by atoms with E-state index < -0.39 is 5.97 Å². The second-order valence-corrected chi connectivity index (χ2v) is 3.69. The highest BCUT2D eigenvalue weighted by Gasteiger charge is 2.35. The fourth-order valence-corrected chi connectivity index (χ4v) is 1.50. The number of cyclic esters (lactones) is 1.